The van der Waals surface area contributed by atoms with Gasteiger partial charge in [-0.2, -0.15) is 0 Å². The molecule has 0 bridgehead atoms. The summed E-state index contributed by atoms with van der Waals surface area (Å²) in [6.45, 7) is 0.746. The molecular weight excluding hydrogens is 330 g/mol. The molecule has 2 aliphatic rings. The van der Waals surface area contributed by atoms with E-state index in [9.17, 15) is 4.79 Å². The van der Waals surface area contributed by atoms with E-state index in [4.69, 9.17) is 16.3 Å². The van der Waals surface area contributed by atoms with Crippen molar-refractivity contribution in [1.82, 2.24) is 5.32 Å². The molecule has 1 heterocycles. The monoisotopic (exact) mass is 343 g/mol. The molecule has 2 atom stereocenters. The molecule has 3 rings (SSSR count). The van der Waals surface area contributed by atoms with Gasteiger partial charge in [-0.25, -0.2) is 0 Å². The molecule has 5 heteroatoms. The predicted molar refractivity (Wildman–Crippen MR) is 77.5 cm³/mol. The number of benzene rings is 1. The first kappa shape index (κ1) is 13.4. The third-order valence-corrected chi connectivity index (χ3v) is 4.93. The third kappa shape index (κ3) is 2.96. The van der Waals surface area contributed by atoms with Gasteiger partial charge in [0.1, 0.15) is 0 Å². The molecule has 2 unspecified atom stereocenters. The lowest BCUT2D eigenvalue weighted by Gasteiger charge is -2.19. The topological polar surface area (TPSA) is 38.3 Å². The average Bonchev–Trinajstić information content (AvgIpc) is 3.13. The van der Waals surface area contributed by atoms with Gasteiger partial charge in [-0.1, -0.05) is 11.6 Å². The summed E-state index contributed by atoms with van der Waals surface area (Å²) >= 11 is 9.27. The van der Waals surface area contributed by atoms with Crippen molar-refractivity contribution in [3.05, 3.63) is 33.3 Å². The molecule has 1 aromatic rings. The fourth-order valence-electron chi connectivity index (χ4n) is 2.54. The molecule has 1 saturated carbocycles. The quantitative estimate of drug-likeness (QED) is 0.912. The third-order valence-electron chi connectivity index (χ3n) is 3.72. The van der Waals surface area contributed by atoms with Crippen LogP contribution in [0.4, 0.5) is 0 Å². The summed E-state index contributed by atoms with van der Waals surface area (Å²) in [6.07, 6.45) is 3.56. The number of carbonyl (C=O) groups excluding carboxylic acids is 1. The molecule has 1 saturated heterocycles. The molecular formula is C14H15BrClNO2. The van der Waals surface area contributed by atoms with Gasteiger partial charge in [0.25, 0.3) is 5.91 Å². The van der Waals surface area contributed by atoms with Gasteiger partial charge in [0, 0.05) is 16.6 Å². The summed E-state index contributed by atoms with van der Waals surface area (Å²) in [6, 6.07) is 5.36. The van der Waals surface area contributed by atoms with Crippen LogP contribution in [0.5, 0.6) is 0 Å². The first-order chi connectivity index (χ1) is 9.15. The summed E-state index contributed by atoms with van der Waals surface area (Å²) in [5.74, 6) is 0.586. The van der Waals surface area contributed by atoms with Crippen molar-refractivity contribution < 1.29 is 9.53 Å². The molecule has 19 heavy (non-hydrogen) atoms. The standard InChI is InChI=1S/C14H15BrClNO2/c15-10-7-9(3-4-11(10)16)14(18)17-12-5-6-19-13(12)8-1-2-8/h3-4,7-8,12-13H,1-2,5-6H2,(H,17,18). The maximum absolute atomic E-state index is 12.2. The minimum Gasteiger partial charge on any atom is -0.376 e. The fourth-order valence-corrected chi connectivity index (χ4v) is 3.04. The van der Waals surface area contributed by atoms with Crippen LogP contribution < -0.4 is 5.32 Å². The second-order valence-corrected chi connectivity index (χ2v) is 6.43. The highest BCUT2D eigenvalue weighted by atomic mass is 79.9. The fraction of sp³-hybridized carbons (Fsp3) is 0.500. The smallest absolute Gasteiger partial charge is 0.251 e. The number of hydrogen-bond acceptors (Lipinski definition) is 2. The Morgan fingerprint density at radius 3 is 2.84 bits per heavy atom. The van der Waals surface area contributed by atoms with Crippen LogP contribution in [0, 0.1) is 5.92 Å². The minimum atomic E-state index is -0.0569. The number of hydrogen-bond donors (Lipinski definition) is 1. The van der Waals surface area contributed by atoms with Gasteiger partial charge in [0.2, 0.25) is 0 Å². The van der Waals surface area contributed by atoms with Gasteiger partial charge in [-0.15, -0.1) is 0 Å². The summed E-state index contributed by atoms with van der Waals surface area (Å²) in [5.41, 5.74) is 0.623. The molecule has 0 aromatic heterocycles. The van der Waals surface area contributed by atoms with E-state index >= 15 is 0 Å². The average molecular weight is 345 g/mol. The maximum atomic E-state index is 12.2. The highest BCUT2D eigenvalue weighted by Gasteiger charge is 2.41. The molecule has 1 aliphatic heterocycles. The van der Waals surface area contributed by atoms with Crippen molar-refractivity contribution in [2.45, 2.75) is 31.4 Å². The zero-order valence-electron chi connectivity index (χ0n) is 10.4. The normalized spacial score (nSPS) is 26.4. The number of ether oxygens (including phenoxy) is 1. The Morgan fingerprint density at radius 2 is 2.16 bits per heavy atom. The van der Waals surface area contributed by atoms with Crippen LogP contribution in [-0.2, 0) is 4.74 Å². The predicted octanol–water partition coefficient (Wildman–Crippen LogP) is 3.40. The Hall–Kier alpha value is -0.580. The van der Waals surface area contributed by atoms with Gasteiger partial charge in [-0.05, 0) is 59.3 Å². The van der Waals surface area contributed by atoms with Crippen molar-refractivity contribution in [1.29, 1.82) is 0 Å². The lowest BCUT2D eigenvalue weighted by molar-refractivity contribution is 0.0729. The van der Waals surface area contributed by atoms with E-state index in [0.29, 0.717) is 16.5 Å². The van der Waals surface area contributed by atoms with E-state index in [2.05, 4.69) is 21.2 Å². The summed E-state index contributed by atoms with van der Waals surface area (Å²) in [5, 5.41) is 3.69. The van der Waals surface area contributed by atoms with E-state index < -0.39 is 0 Å². The van der Waals surface area contributed by atoms with Gasteiger partial charge in [0.15, 0.2) is 0 Å². The van der Waals surface area contributed by atoms with Gasteiger partial charge in [-0.3, -0.25) is 4.79 Å². The second kappa shape index (κ2) is 5.43. The van der Waals surface area contributed by atoms with Crippen molar-refractivity contribution in [2.75, 3.05) is 6.61 Å². The Bertz CT molecular complexity index is 504. The number of halogens is 2. The number of rotatable bonds is 3. The van der Waals surface area contributed by atoms with Crippen LogP contribution in [0.1, 0.15) is 29.6 Å². The molecule has 1 amide bonds. The summed E-state index contributed by atoms with van der Waals surface area (Å²) in [4.78, 5) is 12.2. The molecule has 102 valence electrons. The van der Waals surface area contributed by atoms with Crippen molar-refractivity contribution in [3.63, 3.8) is 0 Å². The first-order valence-corrected chi connectivity index (χ1v) is 7.70. The Labute approximate surface area is 125 Å². The van der Waals surface area contributed by atoms with Crippen molar-refractivity contribution in [3.8, 4) is 0 Å². The molecule has 0 spiro atoms. The molecule has 0 radical (unpaired) electrons. The summed E-state index contributed by atoms with van der Waals surface area (Å²) < 4.78 is 6.46. The first-order valence-electron chi connectivity index (χ1n) is 6.52. The molecule has 3 nitrogen and oxygen atoms in total. The van der Waals surface area contributed by atoms with E-state index in [1.165, 1.54) is 12.8 Å². The van der Waals surface area contributed by atoms with E-state index in [1.54, 1.807) is 18.2 Å². The summed E-state index contributed by atoms with van der Waals surface area (Å²) in [7, 11) is 0. The van der Waals surface area contributed by atoms with E-state index in [-0.39, 0.29) is 18.1 Å². The van der Waals surface area contributed by atoms with Crippen molar-refractivity contribution >= 4 is 33.4 Å². The molecule has 1 aromatic carbocycles. The Balaban J connectivity index is 1.68. The number of amides is 1. The van der Waals surface area contributed by atoms with E-state index in [0.717, 1.165) is 17.5 Å². The Kier molecular flexibility index (Phi) is 3.83. The number of carbonyl (C=O) groups is 1. The Morgan fingerprint density at radius 1 is 1.37 bits per heavy atom. The van der Waals surface area contributed by atoms with Crippen LogP contribution in [0.3, 0.4) is 0 Å². The highest BCUT2D eigenvalue weighted by molar-refractivity contribution is 9.10. The van der Waals surface area contributed by atoms with Crippen LogP contribution >= 0.6 is 27.5 Å². The molecule has 2 fully saturated rings. The molecule has 1 N–H and O–H groups in total. The van der Waals surface area contributed by atoms with Crippen molar-refractivity contribution in [2.24, 2.45) is 5.92 Å². The van der Waals surface area contributed by atoms with Crippen LogP contribution in [-0.4, -0.2) is 24.7 Å². The maximum Gasteiger partial charge on any atom is 0.251 e. The molecule has 1 aliphatic carbocycles. The van der Waals surface area contributed by atoms with Crippen LogP contribution in [0.15, 0.2) is 22.7 Å². The SMILES string of the molecule is O=C(NC1CCOC1C1CC1)c1ccc(Cl)c(Br)c1. The lowest BCUT2D eigenvalue weighted by atomic mass is 10.1. The zero-order valence-corrected chi connectivity index (χ0v) is 12.7. The van der Waals surface area contributed by atoms with E-state index in [1.807, 2.05) is 0 Å². The van der Waals surface area contributed by atoms with Crippen LogP contribution in [0.2, 0.25) is 5.02 Å². The minimum absolute atomic E-state index is 0.0569. The van der Waals surface area contributed by atoms with Crippen LogP contribution in [0.25, 0.3) is 0 Å². The van der Waals surface area contributed by atoms with Gasteiger partial charge >= 0.3 is 0 Å². The lowest BCUT2D eigenvalue weighted by Crippen LogP contribution is -2.41. The second-order valence-electron chi connectivity index (χ2n) is 5.17. The highest BCUT2D eigenvalue weighted by Crippen LogP contribution is 2.38. The largest absolute Gasteiger partial charge is 0.376 e. The van der Waals surface area contributed by atoms with Gasteiger partial charge in [0.05, 0.1) is 17.2 Å². The van der Waals surface area contributed by atoms with Gasteiger partial charge < -0.3 is 10.1 Å². The zero-order chi connectivity index (χ0) is 13.4. The number of nitrogens with one attached hydrogen (secondary N) is 1.